The van der Waals surface area contributed by atoms with Crippen LogP contribution in [0, 0.1) is 0 Å². The molecule has 1 aliphatic carbocycles. The molecule has 1 aromatic carbocycles. The van der Waals surface area contributed by atoms with Gasteiger partial charge in [0.25, 0.3) is 5.91 Å². The fourth-order valence-corrected chi connectivity index (χ4v) is 3.49. The third-order valence-electron chi connectivity index (χ3n) is 4.93. The molecule has 1 aliphatic heterocycles. The Hall–Kier alpha value is -2.89. The van der Waals surface area contributed by atoms with Crippen molar-refractivity contribution >= 4 is 11.9 Å². The molecular formula is C21H22N2O4. The Bertz CT molecular complexity index is 932. The quantitative estimate of drug-likeness (QED) is 0.848. The molecule has 1 fully saturated rings. The summed E-state index contributed by atoms with van der Waals surface area (Å²) in [5.41, 5.74) is 2.93. The number of carboxylic acid groups (broad SMARTS) is 1. The fourth-order valence-electron chi connectivity index (χ4n) is 3.49. The minimum absolute atomic E-state index is 0.181. The van der Waals surface area contributed by atoms with Crippen molar-refractivity contribution in [3.63, 3.8) is 0 Å². The molecule has 1 saturated carbocycles. The van der Waals surface area contributed by atoms with E-state index in [2.05, 4.69) is 10.3 Å². The van der Waals surface area contributed by atoms with Gasteiger partial charge in [-0.25, -0.2) is 4.79 Å². The summed E-state index contributed by atoms with van der Waals surface area (Å²) >= 11 is 0. The molecule has 2 heterocycles. The number of aromatic nitrogens is 1. The van der Waals surface area contributed by atoms with Crippen LogP contribution in [-0.4, -0.2) is 27.6 Å². The maximum atomic E-state index is 12.5. The first kappa shape index (κ1) is 17.5. The zero-order valence-electron chi connectivity index (χ0n) is 15.4. The van der Waals surface area contributed by atoms with Crippen LogP contribution in [0.25, 0.3) is 0 Å². The van der Waals surface area contributed by atoms with Crippen LogP contribution in [0.3, 0.4) is 0 Å². The Morgan fingerprint density at radius 1 is 1.26 bits per heavy atom. The van der Waals surface area contributed by atoms with Crippen LogP contribution in [0.4, 0.5) is 0 Å². The lowest BCUT2D eigenvalue weighted by Gasteiger charge is -2.16. The van der Waals surface area contributed by atoms with Gasteiger partial charge in [-0.05, 0) is 62.6 Å². The van der Waals surface area contributed by atoms with Crippen LogP contribution in [0.2, 0.25) is 0 Å². The van der Waals surface area contributed by atoms with Crippen molar-refractivity contribution < 1.29 is 19.4 Å². The second-order valence-electron chi connectivity index (χ2n) is 7.86. The maximum absolute atomic E-state index is 12.5. The van der Waals surface area contributed by atoms with Crippen molar-refractivity contribution in [3.8, 4) is 5.75 Å². The van der Waals surface area contributed by atoms with E-state index in [-0.39, 0.29) is 29.5 Å². The van der Waals surface area contributed by atoms with Gasteiger partial charge in [-0.2, -0.15) is 0 Å². The summed E-state index contributed by atoms with van der Waals surface area (Å²) in [6.45, 7) is 4.31. The first-order valence-corrected chi connectivity index (χ1v) is 9.16. The highest BCUT2D eigenvalue weighted by atomic mass is 16.5. The molecule has 1 amide bonds. The van der Waals surface area contributed by atoms with E-state index in [1.165, 1.54) is 0 Å². The van der Waals surface area contributed by atoms with E-state index in [1.807, 2.05) is 26.0 Å². The van der Waals surface area contributed by atoms with E-state index in [4.69, 9.17) is 4.74 Å². The van der Waals surface area contributed by atoms with Crippen LogP contribution in [-0.2, 0) is 13.0 Å². The normalized spacial score (nSPS) is 17.1. The molecule has 27 heavy (non-hydrogen) atoms. The summed E-state index contributed by atoms with van der Waals surface area (Å²) in [5.74, 6) is -0.0776. The zero-order valence-corrected chi connectivity index (χ0v) is 15.4. The number of ether oxygens (including phenoxy) is 1. The Kier molecular flexibility index (Phi) is 4.13. The molecule has 6 heteroatoms. The van der Waals surface area contributed by atoms with Gasteiger partial charge >= 0.3 is 5.97 Å². The van der Waals surface area contributed by atoms with Crippen molar-refractivity contribution in [2.24, 2.45) is 0 Å². The van der Waals surface area contributed by atoms with E-state index < -0.39 is 5.97 Å². The molecule has 0 radical (unpaired) electrons. The average Bonchev–Trinajstić information content (AvgIpc) is 3.40. The number of rotatable bonds is 5. The third-order valence-corrected chi connectivity index (χ3v) is 4.93. The topological polar surface area (TPSA) is 88.5 Å². The van der Waals surface area contributed by atoms with Gasteiger partial charge in [0, 0.05) is 17.9 Å². The number of carbonyl (C=O) groups is 2. The highest BCUT2D eigenvalue weighted by molar-refractivity contribution is 5.94. The second kappa shape index (κ2) is 6.37. The predicted octanol–water partition coefficient (Wildman–Crippen LogP) is 3.30. The van der Waals surface area contributed by atoms with Gasteiger partial charge in [-0.3, -0.25) is 9.78 Å². The Labute approximate surface area is 157 Å². The number of aromatic carboxylic acids is 1. The third kappa shape index (κ3) is 3.65. The van der Waals surface area contributed by atoms with E-state index in [0.29, 0.717) is 17.0 Å². The van der Waals surface area contributed by atoms with E-state index in [9.17, 15) is 14.7 Å². The molecule has 2 aromatic rings. The van der Waals surface area contributed by atoms with Gasteiger partial charge in [0.15, 0.2) is 0 Å². The minimum Gasteiger partial charge on any atom is -0.487 e. The lowest BCUT2D eigenvalue weighted by molar-refractivity contribution is 0.0694. The van der Waals surface area contributed by atoms with Gasteiger partial charge in [0.05, 0.1) is 23.5 Å². The van der Waals surface area contributed by atoms with Crippen molar-refractivity contribution in [3.05, 3.63) is 58.4 Å². The largest absolute Gasteiger partial charge is 0.487 e. The van der Waals surface area contributed by atoms with Gasteiger partial charge in [0.2, 0.25) is 0 Å². The summed E-state index contributed by atoms with van der Waals surface area (Å²) in [7, 11) is 0. The highest BCUT2D eigenvalue weighted by Gasteiger charge is 2.31. The number of hydrogen-bond acceptors (Lipinski definition) is 4. The molecule has 6 nitrogen and oxygen atoms in total. The van der Waals surface area contributed by atoms with Crippen LogP contribution in [0.5, 0.6) is 5.75 Å². The zero-order chi connectivity index (χ0) is 19.2. The SMILES string of the molecule is CC1(C)Cc2cc(C(=O)NCc3ccc(C(=O)O)c(C4CC4)n3)ccc2O1. The van der Waals surface area contributed by atoms with Crippen molar-refractivity contribution in [1.82, 2.24) is 10.3 Å². The molecule has 0 spiro atoms. The van der Waals surface area contributed by atoms with Gasteiger partial charge in [-0.15, -0.1) is 0 Å². The maximum Gasteiger partial charge on any atom is 0.337 e. The molecule has 4 rings (SSSR count). The van der Waals surface area contributed by atoms with Gasteiger partial charge in [0.1, 0.15) is 11.4 Å². The predicted molar refractivity (Wildman–Crippen MR) is 99.2 cm³/mol. The Morgan fingerprint density at radius 2 is 2.04 bits per heavy atom. The highest BCUT2D eigenvalue weighted by Crippen LogP contribution is 2.40. The van der Waals surface area contributed by atoms with Crippen molar-refractivity contribution in [1.29, 1.82) is 0 Å². The lowest BCUT2D eigenvalue weighted by Crippen LogP contribution is -2.24. The average molecular weight is 366 g/mol. The molecule has 0 unspecified atom stereocenters. The summed E-state index contributed by atoms with van der Waals surface area (Å²) in [5, 5.41) is 12.2. The number of benzene rings is 1. The molecule has 1 aromatic heterocycles. The van der Waals surface area contributed by atoms with Crippen LogP contribution >= 0.6 is 0 Å². The van der Waals surface area contributed by atoms with Crippen molar-refractivity contribution in [2.45, 2.75) is 51.2 Å². The fraction of sp³-hybridized carbons (Fsp3) is 0.381. The monoisotopic (exact) mass is 366 g/mol. The molecule has 2 aliphatic rings. The van der Waals surface area contributed by atoms with E-state index in [0.717, 1.165) is 30.6 Å². The number of nitrogens with one attached hydrogen (secondary N) is 1. The first-order chi connectivity index (χ1) is 12.8. The number of carbonyl (C=O) groups excluding carboxylic acids is 1. The number of pyridine rings is 1. The smallest absolute Gasteiger partial charge is 0.337 e. The van der Waals surface area contributed by atoms with Crippen LogP contribution in [0.15, 0.2) is 30.3 Å². The van der Waals surface area contributed by atoms with Crippen molar-refractivity contribution in [2.75, 3.05) is 0 Å². The molecular weight excluding hydrogens is 344 g/mol. The summed E-state index contributed by atoms with van der Waals surface area (Å²) in [4.78, 5) is 28.3. The Morgan fingerprint density at radius 3 is 2.74 bits per heavy atom. The number of hydrogen-bond donors (Lipinski definition) is 2. The molecule has 2 N–H and O–H groups in total. The number of carboxylic acids is 1. The van der Waals surface area contributed by atoms with E-state index in [1.54, 1.807) is 18.2 Å². The summed E-state index contributed by atoms with van der Waals surface area (Å²) in [6, 6.07) is 8.71. The first-order valence-electron chi connectivity index (χ1n) is 9.16. The number of amides is 1. The van der Waals surface area contributed by atoms with Gasteiger partial charge < -0.3 is 15.2 Å². The molecule has 0 saturated heterocycles. The number of nitrogens with zero attached hydrogens (tertiary/aromatic N) is 1. The molecule has 0 bridgehead atoms. The summed E-state index contributed by atoms with van der Waals surface area (Å²) < 4.78 is 5.84. The summed E-state index contributed by atoms with van der Waals surface area (Å²) in [6.07, 6.45) is 2.71. The Balaban J connectivity index is 1.46. The molecule has 0 atom stereocenters. The second-order valence-corrected chi connectivity index (χ2v) is 7.86. The van der Waals surface area contributed by atoms with Crippen LogP contribution in [0.1, 0.15) is 70.3 Å². The number of fused-ring (bicyclic) bond motifs is 1. The minimum atomic E-state index is -0.955. The lowest BCUT2D eigenvalue weighted by atomic mass is 10.00. The van der Waals surface area contributed by atoms with Gasteiger partial charge in [-0.1, -0.05) is 0 Å². The standard InChI is InChI=1S/C21H22N2O4/c1-21(2)10-14-9-13(5-8-17(14)27-21)19(24)22-11-15-6-7-16(20(25)26)18(23-15)12-3-4-12/h5-9,12H,3-4,10-11H2,1-2H3,(H,22,24)(H,25,26). The van der Waals surface area contributed by atoms with Crippen LogP contribution < -0.4 is 10.1 Å². The molecule has 140 valence electrons. The van der Waals surface area contributed by atoms with E-state index >= 15 is 0 Å².